The summed E-state index contributed by atoms with van der Waals surface area (Å²) in [5, 5.41) is 3.29. The number of nitrogens with one attached hydrogen (secondary N) is 1. The molecule has 1 saturated heterocycles. The summed E-state index contributed by atoms with van der Waals surface area (Å²) in [5.41, 5.74) is 0.936. The Hall–Kier alpha value is -1.42. The molecule has 0 aromatic heterocycles. The minimum absolute atomic E-state index is 0.128. The van der Waals surface area contributed by atoms with Gasteiger partial charge in [-0.1, -0.05) is 26.0 Å². The Kier molecular flexibility index (Phi) is 4.20. The zero-order chi connectivity index (χ0) is 14.0. The zero-order valence-corrected chi connectivity index (χ0v) is 11.7. The summed E-state index contributed by atoms with van der Waals surface area (Å²) in [6, 6.07) is 6.41. The van der Waals surface area contributed by atoms with E-state index in [4.69, 9.17) is 0 Å². The topological polar surface area (TPSA) is 32.3 Å². The molecule has 1 aliphatic rings. The molecule has 0 spiro atoms. The average Bonchev–Trinajstić information content (AvgIpc) is 2.70. The van der Waals surface area contributed by atoms with Crippen molar-refractivity contribution in [2.24, 2.45) is 0 Å². The monoisotopic (exact) mass is 264 g/mol. The van der Waals surface area contributed by atoms with Crippen molar-refractivity contribution in [1.82, 2.24) is 10.2 Å². The molecule has 1 N–H and O–H groups in total. The molecule has 1 aliphatic heterocycles. The van der Waals surface area contributed by atoms with Crippen LogP contribution >= 0.6 is 0 Å². The molecule has 2 unspecified atom stereocenters. The summed E-state index contributed by atoms with van der Waals surface area (Å²) in [6.07, 6.45) is 1.70. The summed E-state index contributed by atoms with van der Waals surface area (Å²) >= 11 is 0. The predicted molar refractivity (Wildman–Crippen MR) is 73.0 cm³/mol. The molecule has 4 heteroatoms. The summed E-state index contributed by atoms with van der Waals surface area (Å²) in [6.45, 7) is 6.06. The van der Waals surface area contributed by atoms with Crippen molar-refractivity contribution in [3.63, 3.8) is 0 Å². The number of amides is 1. The van der Waals surface area contributed by atoms with E-state index in [1.54, 1.807) is 12.1 Å². The second-order valence-electron chi connectivity index (χ2n) is 5.06. The van der Waals surface area contributed by atoms with E-state index in [9.17, 15) is 9.18 Å². The van der Waals surface area contributed by atoms with Crippen LogP contribution in [0.15, 0.2) is 24.3 Å². The molecular formula is C15H21FN2O. The van der Waals surface area contributed by atoms with Gasteiger partial charge in [0.2, 0.25) is 5.91 Å². The first-order chi connectivity index (χ1) is 9.08. The zero-order valence-electron chi connectivity index (χ0n) is 11.7. The van der Waals surface area contributed by atoms with E-state index in [1.165, 1.54) is 12.1 Å². The fourth-order valence-electron chi connectivity index (χ4n) is 2.71. The summed E-state index contributed by atoms with van der Waals surface area (Å²) in [7, 11) is 0. The molecule has 2 atom stereocenters. The standard InChI is InChI=1S/C15H21FN2O/c1-4-13(5-2)18-14(17-10(3)15(18)19)11-6-8-12(16)9-7-11/h6-10,13-14,17H,4-5H2,1-3H3. The molecule has 1 aromatic carbocycles. The highest BCUT2D eigenvalue weighted by molar-refractivity contribution is 5.84. The highest BCUT2D eigenvalue weighted by Crippen LogP contribution is 2.29. The number of carbonyl (C=O) groups is 1. The first-order valence-electron chi connectivity index (χ1n) is 6.92. The van der Waals surface area contributed by atoms with Gasteiger partial charge in [0.15, 0.2) is 0 Å². The Morgan fingerprint density at radius 1 is 1.26 bits per heavy atom. The Bertz CT molecular complexity index is 442. The largest absolute Gasteiger partial charge is 0.319 e. The molecule has 0 aliphatic carbocycles. The van der Waals surface area contributed by atoms with Gasteiger partial charge in [0.05, 0.1) is 6.04 Å². The molecule has 1 heterocycles. The summed E-state index contributed by atoms with van der Waals surface area (Å²) < 4.78 is 13.0. The SMILES string of the molecule is CCC(CC)N1C(=O)C(C)NC1c1ccc(F)cc1. The fraction of sp³-hybridized carbons (Fsp3) is 0.533. The van der Waals surface area contributed by atoms with Crippen LogP contribution in [0.25, 0.3) is 0 Å². The lowest BCUT2D eigenvalue weighted by atomic mass is 10.1. The van der Waals surface area contributed by atoms with Gasteiger partial charge in [0, 0.05) is 6.04 Å². The third kappa shape index (κ3) is 2.63. The number of rotatable bonds is 4. The van der Waals surface area contributed by atoms with Crippen molar-refractivity contribution in [1.29, 1.82) is 0 Å². The van der Waals surface area contributed by atoms with Gasteiger partial charge in [0.1, 0.15) is 12.0 Å². The first-order valence-corrected chi connectivity index (χ1v) is 6.92. The van der Waals surface area contributed by atoms with Crippen LogP contribution in [0.4, 0.5) is 4.39 Å². The van der Waals surface area contributed by atoms with E-state index in [-0.39, 0.29) is 30.0 Å². The van der Waals surface area contributed by atoms with Crippen molar-refractivity contribution in [3.8, 4) is 0 Å². The van der Waals surface area contributed by atoms with Gasteiger partial charge >= 0.3 is 0 Å². The molecule has 2 rings (SSSR count). The normalized spacial score (nSPS) is 23.4. The van der Waals surface area contributed by atoms with Gasteiger partial charge in [-0.2, -0.15) is 0 Å². The molecule has 19 heavy (non-hydrogen) atoms. The van der Waals surface area contributed by atoms with Crippen molar-refractivity contribution in [2.75, 3.05) is 0 Å². The molecule has 1 fully saturated rings. The summed E-state index contributed by atoms with van der Waals surface area (Å²) in [4.78, 5) is 14.2. The Morgan fingerprint density at radius 3 is 2.37 bits per heavy atom. The van der Waals surface area contributed by atoms with E-state index in [0.29, 0.717) is 0 Å². The van der Waals surface area contributed by atoms with E-state index in [1.807, 2.05) is 11.8 Å². The van der Waals surface area contributed by atoms with E-state index < -0.39 is 0 Å². The van der Waals surface area contributed by atoms with Gasteiger partial charge in [-0.3, -0.25) is 10.1 Å². The van der Waals surface area contributed by atoms with Crippen LogP contribution in [0.5, 0.6) is 0 Å². The molecule has 0 saturated carbocycles. The Morgan fingerprint density at radius 2 is 1.84 bits per heavy atom. The number of hydrogen-bond acceptors (Lipinski definition) is 2. The molecule has 0 radical (unpaired) electrons. The highest BCUT2D eigenvalue weighted by Gasteiger charge is 2.39. The van der Waals surface area contributed by atoms with Crippen molar-refractivity contribution in [3.05, 3.63) is 35.6 Å². The highest BCUT2D eigenvalue weighted by atomic mass is 19.1. The molecule has 1 aromatic rings. The number of carbonyl (C=O) groups excluding carboxylic acids is 1. The number of halogens is 1. The van der Waals surface area contributed by atoms with Crippen LogP contribution in [-0.2, 0) is 4.79 Å². The first kappa shape index (κ1) is 14.0. The van der Waals surface area contributed by atoms with Crippen LogP contribution < -0.4 is 5.32 Å². The Balaban J connectivity index is 2.31. The third-order valence-corrected chi connectivity index (χ3v) is 3.83. The third-order valence-electron chi connectivity index (χ3n) is 3.83. The second kappa shape index (κ2) is 5.70. The van der Waals surface area contributed by atoms with Crippen LogP contribution in [0.2, 0.25) is 0 Å². The van der Waals surface area contributed by atoms with Gasteiger partial charge in [-0.15, -0.1) is 0 Å². The molecule has 0 bridgehead atoms. The average molecular weight is 264 g/mol. The van der Waals surface area contributed by atoms with Crippen LogP contribution in [-0.4, -0.2) is 22.9 Å². The number of hydrogen-bond donors (Lipinski definition) is 1. The lowest BCUT2D eigenvalue weighted by Gasteiger charge is -2.31. The minimum Gasteiger partial charge on any atom is -0.319 e. The summed E-state index contributed by atoms with van der Waals surface area (Å²) in [5.74, 6) is -0.127. The van der Waals surface area contributed by atoms with Crippen LogP contribution in [0, 0.1) is 5.82 Å². The molecular weight excluding hydrogens is 243 g/mol. The quantitative estimate of drug-likeness (QED) is 0.907. The van der Waals surface area contributed by atoms with Gasteiger partial charge in [-0.05, 0) is 37.5 Å². The van der Waals surface area contributed by atoms with Gasteiger partial charge in [-0.25, -0.2) is 4.39 Å². The maximum Gasteiger partial charge on any atom is 0.241 e. The lowest BCUT2D eigenvalue weighted by molar-refractivity contribution is -0.132. The predicted octanol–water partition coefficient (Wildman–Crippen LogP) is 2.83. The molecule has 1 amide bonds. The van der Waals surface area contributed by atoms with Crippen molar-refractivity contribution >= 4 is 5.91 Å². The van der Waals surface area contributed by atoms with Crippen molar-refractivity contribution in [2.45, 2.75) is 51.9 Å². The van der Waals surface area contributed by atoms with Crippen molar-refractivity contribution < 1.29 is 9.18 Å². The molecule has 104 valence electrons. The number of nitrogens with zero attached hydrogens (tertiary/aromatic N) is 1. The maximum absolute atomic E-state index is 13.0. The maximum atomic E-state index is 13.0. The van der Waals surface area contributed by atoms with Crippen LogP contribution in [0.3, 0.4) is 0 Å². The van der Waals surface area contributed by atoms with Gasteiger partial charge in [0.25, 0.3) is 0 Å². The lowest BCUT2D eigenvalue weighted by Crippen LogP contribution is -2.39. The smallest absolute Gasteiger partial charge is 0.241 e. The van der Waals surface area contributed by atoms with Crippen LogP contribution in [0.1, 0.15) is 45.3 Å². The minimum atomic E-state index is -0.254. The Labute approximate surface area is 113 Å². The second-order valence-corrected chi connectivity index (χ2v) is 5.06. The van der Waals surface area contributed by atoms with E-state index >= 15 is 0 Å². The van der Waals surface area contributed by atoms with Gasteiger partial charge < -0.3 is 4.90 Å². The van der Waals surface area contributed by atoms with E-state index in [0.717, 1.165) is 18.4 Å². The molecule has 3 nitrogen and oxygen atoms in total. The van der Waals surface area contributed by atoms with E-state index in [2.05, 4.69) is 19.2 Å². The fourth-order valence-corrected chi connectivity index (χ4v) is 2.71. The number of benzene rings is 1.